The number of phenolic OH excluding ortho intramolecular Hbond substituents is 1. The van der Waals surface area contributed by atoms with Crippen LogP contribution in [0.15, 0.2) is 24.3 Å². The molecule has 3 N–H and O–H groups in total. The second-order valence-electron chi connectivity index (χ2n) is 3.49. The van der Waals surface area contributed by atoms with Crippen LogP contribution in [0, 0.1) is 5.92 Å². The van der Waals surface area contributed by atoms with E-state index < -0.39 is 0 Å². The lowest BCUT2D eigenvalue weighted by atomic mass is 10.1. The van der Waals surface area contributed by atoms with Crippen LogP contribution < -0.4 is 10.6 Å². The fraction of sp³-hybridized carbons (Fsp3) is 0.364. The van der Waals surface area contributed by atoms with Gasteiger partial charge in [0.25, 0.3) is 0 Å². The topological polar surface area (TPSA) is 61.4 Å². The highest BCUT2D eigenvalue weighted by Crippen LogP contribution is 2.14. The van der Waals surface area contributed by atoms with Crippen molar-refractivity contribution < 1.29 is 9.90 Å². The Balaban J connectivity index is 0.00000225. The minimum Gasteiger partial charge on any atom is -0.508 e. The van der Waals surface area contributed by atoms with E-state index in [1.807, 2.05) is 14.0 Å². The molecule has 0 aromatic heterocycles. The van der Waals surface area contributed by atoms with Crippen molar-refractivity contribution in [3.63, 3.8) is 0 Å². The number of hydrogen-bond donors (Lipinski definition) is 3. The number of carbonyl (C=O) groups excluding carboxylic acids is 1. The molecule has 0 saturated heterocycles. The molecule has 0 aliphatic heterocycles. The SMILES string of the molecule is CNCC(C)C(=O)Nc1ccc(O)cc1.Cl. The van der Waals surface area contributed by atoms with E-state index in [0.717, 1.165) is 0 Å². The van der Waals surface area contributed by atoms with Crippen LogP contribution in [0.5, 0.6) is 5.75 Å². The standard InChI is InChI=1S/C11H16N2O2.ClH/c1-8(7-12-2)11(15)13-9-3-5-10(14)6-4-9;/h3-6,8,12,14H,7H2,1-2H3,(H,13,15);1H. The molecule has 90 valence electrons. The highest BCUT2D eigenvalue weighted by molar-refractivity contribution is 5.92. The molecule has 0 fully saturated rings. The highest BCUT2D eigenvalue weighted by atomic mass is 35.5. The van der Waals surface area contributed by atoms with Crippen molar-refractivity contribution in [2.75, 3.05) is 18.9 Å². The second-order valence-corrected chi connectivity index (χ2v) is 3.49. The molecule has 0 heterocycles. The lowest BCUT2D eigenvalue weighted by Gasteiger charge is -2.11. The number of benzene rings is 1. The molecule has 1 atom stereocenters. The molecule has 1 aromatic carbocycles. The first-order chi connectivity index (χ1) is 7.13. The highest BCUT2D eigenvalue weighted by Gasteiger charge is 2.11. The Morgan fingerprint density at radius 2 is 1.94 bits per heavy atom. The molecule has 0 radical (unpaired) electrons. The summed E-state index contributed by atoms with van der Waals surface area (Å²) in [5, 5.41) is 14.8. The average molecular weight is 245 g/mol. The third-order valence-corrected chi connectivity index (χ3v) is 2.09. The third kappa shape index (κ3) is 4.51. The molecule has 5 heteroatoms. The van der Waals surface area contributed by atoms with Crippen molar-refractivity contribution in [1.29, 1.82) is 0 Å². The number of phenols is 1. The van der Waals surface area contributed by atoms with Gasteiger partial charge in [0, 0.05) is 18.2 Å². The third-order valence-electron chi connectivity index (χ3n) is 2.09. The van der Waals surface area contributed by atoms with Gasteiger partial charge in [-0.25, -0.2) is 0 Å². The van der Waals surface area contributed by atoms with E-state index >= 15 is 0 Å². The van der Waals surface area contributed by atoms with Gasteiger partial charge >= 0.3 is 0 Å². The van der Waals surface area contributed by atoms with Crippen molar-refractivity contribution >= 4 is 24.0 Å². The van der Waals surface area contributed by atoms with E-state index in [0.29, 0.717) is 12.2 Å². The van der Waals surface area contributed by atoms with Gasteiger partial charge in [-0.05, 0) is 31.3 Å². The first kappa shape index (κ1) is 14.7. The predicted octanol–water partition coefficient (Wildman–Crippen LogP) is 1.61. The minimum atomic E-state index is -0.0798. The van der Waals surface area contributed by atoms with Gasteiger partial charge in [0.15, 0.2) is 0 Å². The zero-order chi connectivity index (χ0) is 11.3. The Bertz CT molecular complexity index is 327. The summed E-state index contributed by atoms with van der Waals surface area (Å²) >= 11 is 0. The smallest absolute Gasteiger partial charge is 0.228 e. The van der Waals surface area contributed by atoms with Gasteiger partial charge in [-0.3, -0.25) is 4.79 Å². The van der Waals surface area contributed by atoms with Crippen molar-refractivity contribution in [3.8, 4) is 5.75 Å². The van der Waals surface area contributed by atoms with Gasteiger partial charge in [-0.15, -0.1) is 12.4 Å². The van der Waals surface area contributed by atoms with Crippen molar-refractivity contribution in [1.82, 2.24) is 5.32 Å². The summed E-state index contributed by atoms with van der Waals surface area (Å²) in [6.45, 7) is 2.50. The van der Waals surface area contributed by atoms with Crippen LogP contribution >= 0.6 is 12.4 Å². The Hall–Kier alpha value is -1.26. The molecule has 1 aromatic rings. The predicted molar refractivity (Wildman–Crippen MR) is 67.1 cm³/mol. The number of rotatable bonds is 4. The maximum atomic E-state index is 11.6. The Kier molecular flexibility index (Phi) is 6.53. The lowest BCUT2D eigenvalue weighted by molar-refractivity contribution is -0.119. The van der Waals surface area contributed by atoms with Crippen LogP contribution in [-0.2, 0) is 4.79 Å². The van der Waals surface area contributed by atoms with E-state index in [9.17, 15) is 4.79 Å². The van der Waals surface area contributed by atoms with E-state index in [-0.39, 0.29) is 30.0 Å². The number of nitrogens with one attached hydrogen (secondary N) is 2. The molecule has 0 bridgehead atoms. The molecule has 16 heavy (non-hydrogen) atoms. The van der Waals surface area contributed by atoms with E-state index in [4.69, 9.17) is 5.11 Å². The monoisotopic (exact) mass is 244 g/mol. The summed E-state index contributed by atoms with van der Waals surface area (Å²) in [7, 11) is 1.81. The van der Waals surface area contributed by atoms with Crippen molar-refractivity contribution in [3.05, 3.63) is 24.3 Å². The van der Waals surface area contributed by atoms with E-state index in [1.54, 1.807) is 24.3 Å². The molecule has 1 rings (SSSR count). The average Bonchev–Trinajstić information content (AvgIpc) is 2.22. The largest absolute Gasteiger partial charge is 0.508 e. The molecule has 4 nitrogen and oxygen atoms in total. The van der Waals surface area contributed by atoms with Gasteiger partial charge in [-0.1, -0.05) is 6.92 Å². The lowest BCUT2D eigenvalue weighted by Crippen LogP contribution is -2.28. The number of halogens is 1. The molecule has 1 unspecified atom stereocenters. The molecule has 0 aliphatic rings. The summed E-state index contributed by atoms with van der Waals surface area (Å²) < 4.78 is 0. The zero-order valence-corrected chi connectivity index (χ0v) is 10.2. The van der Waals surface area contributed by atoms with Crippen LogP contribution in [0.2, 0.25) is 0 Å². The van der Waals surface area contributed by atoms with Crippen LogP contribution in [0.1, 0.15) is 6.92 Å². The number of anilines is 1. The molecule has 0 spiro atoms. The van der Waals surface area contributed by atoms with Gasteiger partial charge in [0.05, 0.1) is 0 Å². The van der Waals surface area contributed by atoms with Gasteiger partial charge in [0.1, 0.15) is 5.75 Å². The summed E-state index contributed by atoms with van der Waals surface area (Å²) in [6.07, 6.45) is 0. The second kappa shape index (κ2) is 7.09. The van der Waals surface area contributed by atoms with Gasteiger partial charge in [0.2, 0.25) is 5.91 Å². The number of hydrogen-bond acceptors (Lipinski definition) is 3. The summed E-state index contributed by atoms with van der Waals surface area (Å²) in [6, 6.07) is 6.41. The van der Waals surface area contributed by atoms with Crippen LogP contribution in [0.3, 0.4) is 0 Å². The molecule has 1 amide bonds. The van der Waals surface area contributed by atoms with Crippen molar-refractivity contribution in [2.24, 2.45) is 5.92 Å². The molecule has 0 saturated carbocycles. The zero-order valence-electron chi connectivity index (χ0n) is 9.36. The number of amides is 1. The fourth-order valence-corrected chi connectivity index (χ4v) is 1.21. The quantitative estimate of drug-likeness (QED) is 0.706. The first-order valence-electron chi connectivity index (χ1n) is 4.88. The summed E-state index contributed by atoms with van der Waals surface area (Å²) in [5.41, 5.74) is 0.695. The van der Waals surface area contributed by atoms with E-state index in [2.05, 4.69) is 10.6 Å². The maximum Gasteiger partial charge on any atom is 0.228 e. The number of carbonyl (C=O) groups is 1. The molecule has 0 aliphatic carbocycles. The van der Waals surface area contributed by atoms with Crippen LogP contribution in [0.25, 0.3) is 0 Å². The Morgan fingerprint density at radius 3 is 2.44 bits per heavy atom. The minimum absolute atomic E-state index is 0. The van der Waals surface area contributed by atoms with Gasteiger partial charge < -0.3 is 15.7 Å². The molecular weight excluding hydrogens is 228 g/mol. The normalized spacial score (nSPS) is 11.4. The van der Waals surface area contributed by atoms with Gasteiger partial charge in [-0.2, -0.15) is 0 Å². The van der Waals surface area contributed by atoms with Crippen LogP contribution in [0.4, 0.5) is 5.69 Å². The Labute approximate surface area is 101 Å². The van der Waals surface area contributed by atoms with Crippen LogP contribution in [-0.4, -0.2) is 24.6 Å². The number of aromatic hydroxyl groups is 1. The van der Waals surface area contributed by atoms with Crippen molar-refractivity contribution in [2.45, 2.75) is 6.92 Å². The maximum absolute atomic E-state index is 11.6. The van der Waals surface area contributed by atoms with E-state index in [1.165, 1.54) is 0 Å². The fourth-order valence-electron chi connectivity index (χ4n) is 1.21. The summed E-state index contributed by atoms with van der Waals surface area (Å²) in [5.74, 6) is 0.0788. The molecular formula is C11H17ClN2O2. The Morgan fingerprint density at radius 1 is 1.38 bits per heavy atom. The summed E-state index contributed by atoms with van der Waals surface area (Å²) in [4.78, 5) is 11.6. The first-order valence-corrected chi connectivity index (χ1v) is 4.88.